The smallest absolute Gasteiger partial charge is 0.253 e. The predicted molar refractivity (Wildman–Crippen MR) is 135 cm³/mol. The van der Waals surface area contributed by atoms with Crippen molar-refractivity contribution in [1.82, 2.24) is 14.7 Å². The Hall–Kier alpha value is -2.67. The highest BCUT2D eigenvalue weighted by Gasteiger charge is 2.27. The molecule has 1 unspecified atom stereocenters. The number of nitrogens with zero attached hydrogens (tertiary/aromatic N) is 3. The highest BCUT2D eigenvalue weighted by molar-refractivity contribution is 7.09. The molecule has 5 nitrogen and oxygen atoms in total. The number of amides is 1. The zero-order valence-electron chi connectivity index (χ0n) is 19.5. The van der Waals surface area contributed by atoms with E-state index in [1.165, 1.54) is 4.88 Å². The van der Waals surface area contributed by atoms with Crippen LogP contribution in [0.25, 0.3) is 0 Å². The largest absolute Gasteiger partial charge is 0.508 e. The Morgan fingerprint density at radius 3 is 2.30 bits per heavy atom. The molecule has 1 aliphatic heterocycles. The third kappa shape index (κ3) is 5.64. The molecule has 2 aromatic carbocycles. The van der Waals surface area contributed by atoms with Crippen LogP contribution < -0.4 is 0 Å². The lowest BCUT2D eigenvalue weighted by Crippen LogP contribution is -2.47. The number of phenols is 1. The molecule has 174 valence electrons. The Morgan fingerprint density at radius 2 is 1.70 bits per heavy atom. The van der Waals surface area contributed by atoms with Crippen molar-refractivity contribution in [2.45, 2.75) is 26.4 Å². The molecule has 2 heterocycles. The fourth-order valence-electron chi connectivity index (χ4n) is 4.61. The van der Waals surface area contributed by atoms with Gasteiger partial charge in [0.25, 0.3) is 5.91 Å². The third-order valence-electron chi connectivity index (χ3n) is 6.44. The number of aromatic hydroxyl groups is 1. The number of piperazine rings is 1. The lowest BCUT2D eigenvalue weighted by molar-refractivity contribution is 0.0773. The van der Waals surface area contributed by atoms with E-state index in [0.29, 0.717) is 13.1 Å². The quantitative estimate of drug-likeness (QED) is 0.519. The molecule has 1 fully saturated rings. The van der Waals surface area contributed by atoms with Crippen molar-refractivity contribution in [3.63, 3.8) is 0 Å². The van der Waals surface area contributed by atoms with E-state index in [0.717, 1.165) is 49.4 Å². The van der Waals surface area contributed by atoms with E-state index in [2.05, 4.69) is 45.5 Å². The number of hydrogen-bond acceptors (Lipinski definition) is 5. The maximum Gasteiger partial charge on any atom is 0.253 e. The average molecular weight is 464 g/mol. The van der Waals surface area contributed by atoms with Gasteiger partial charge in [0.2, 0.25) is 0 Å². The van der Waals surface area contributed by atoms with Gasteiger partial charge >= 0.3 is 0 Å². The van der Waals surface area contributed by atoms with E-state index < -0.39 is 0 Å². The van der Waals surface area contributed by atoms with Crippen molar-refractivity contribution < 1.29 is 9.90 Å². The van der Waals surface area contributed by atoms with E-state index in [-0.39, 0.29) is 17.7 Å². The molecular weight excluding hydrogens is 430 g/mol. The second kappa shape index (κ2) is 11.0. The first-order valence-electron chi connectivity index (χ1n) is 11.8. The number of carbonyl (C=O) groups is 1. The normalized spacial score (nSPS) is 15.9. The lowest BCUT2D eigenvalue weighted by atomic mass is 9.95. The summed E-state index contributed by atoms with van der Waals surface area (Å²) in [7, 11) is 0. The maximum atomic E-state index is 12.7. The number of thiophene rings is 1. The van der Waals surface area contributed by atoms with Gasteiger partial charge in [0.05, 0.1) is 6.04 Å². The summed E-state index contributed by atoms with van der Waals surface area (Å²) in [4.78, 5) is 21.0. The molecule has 6 heteroatoms. The molecule has 4 rings (SSSR count). The second-order valence-corrected chi connectivity index (χ2v) is 9.52. The highest BCUT2D eigenvalue weighted by Crippen LogP contribution is 2.32. The molecule has 1 aromatic heterocycles. The zero-order valence-corrected chi connectivity index (χ0v) is 20.3. The SMILES string of the molecule is CCN(CC)C(=O)c1ccc(C(c2cccc(O)c2)N2CCN(Cc3cccs3)CC2)cc1. The monoisotopic (exact) mass is 463 g/mol. The molecule has 1 aliphatic rings. The van der Waals surface area contributed by atoms with Gasteiger partial charge in [-0.05, 0) is 60.7 Å². The number of benzene rings is 2. The van der Waals surface area contributed by atoms with Gasteiger partial charge in [0, 0.05) is 56.3 Å². The number of hydrogen-bond donors (Lipinski definition) is 1. The molecule has 0 aliphatic carbocycles. The Kier molecular flexibility index (Phi) is 7.81. The van der Waals surface area contributed by atoms with Gasteiger partial charge in [-0.15, -0.1) is 11.3 Å². The lowest BCUT2D eigenvalue weighted by Gasteiger charge is -2.39. The summed E-state index contributed by atoms with van der Waals surface area (Å²) in [5, 5.41) is 12.3. The average Bonchev–Trinajstić information content (AvgIpc) is 3.35. The minimum absolute atomic E-state index is 0.0404. The molecule has 0 spiro atoms. The Morgan fingerprint density at radius 1 is 0.970 bits per heavy atom. The van der Waals surface area contributed by atoms with Crippen LogP contribution in [-0.2, 0) is 6.54 Å². The van der Waals surface area contributed by atoms with Crippen molar-refractivity contribution in [2.75, 3.05) is 39.3 Å². The molecule has 33 heavy (non-hydrogen) atoms. The molecule has 3 aromatic rings. The number of carbonyl (C=O) groups excluding carboxylic acids is 1. The van der Waals surface area contributed by atoms with Crippen LogP contribution in [0.1, 0.15) is 46.3 Å². The van der Waals surface area contributed by atoms with Gasteiger partial charge in [-0.25, -0.2) is 0 Å². The standard InChI is InChI=1S/C27H33N3O2S/c1-3-29(4-2)27(32)22-12-10-21(11-13-22)26(23-7-5-8-24(31)19-23)30-16-14-28(15-17-30)20-25-9-6-18-33-25/h5-13,18-19,26,31H,3-4,14-17,20H2,1-2H3. The van der Waals surface area contributed by atoms with Crippen molar-refractivity contribution in [3.05, 3.63) is 87.6 Å². The summed E-state index contributed by atoms with van der Waals surface area (Å²) in [6.45, 7) is 10.3. The van der Waals surface area contributed by atoms with Crippen molar-refractivity contribution in [3.8, 4) is 5.75 Å². The first kappa shape index (κ1) is 23.5. The maximum absolute atomic E-state index is 12.7. The number of rotatable bonds is 8. The van der Waals surface area contributed by atoms with Crippen molar-refractivity contribution in [1.29, 1.82) is 0 Å². The van der Waals surface area contributed by atoms with E-state index in [1.807, 2.05) is 54.3 Å². The number of phenolic OH excluding ortho intramolecular Hbond substituents is 1. The fraction of sp³-hybridized carbons (Fsp3) is 0.370. The van der Waals surface area contributed by atoms with Crippen molar-refractivity contribution >= 4 is 17.2 Å². The van der Waals surface area contributed by atoms with Gasteiger partial charge in [0.15, 0.2) is 0 Å². The molecule has 0 bridgehead atoms. The van der Waals surface area contributed by atoms with Crippen LogP contribution in [-0.4, -0.2) is 65.0 Å². The van der Waals surface area contributed by atoms with Crippen molar-refractivity contribution in [2.24, 2.45) is 0 Å². The molecule has 1 N–H and O–H groups in total. The zero-order chi connectivity index (χ0) is 23.2. The van der Waals surface area contributed by atoms with Gasteiger partial charge in [-0.3, -0.25) is 14.6 Å². The van der Waals surface area contributed by atoms with Crippen LogP contribution in [0.4, 0.5) is 0 Å². The van der Waals surface area contributed by atoms with E-state index >= 15 is 0 Å². The Labute approximate surface area is 200 Å². The summed E-state index contributed by atoms with van der Waals surface area (Å²) < 4.78 is 0. The van der Waals surface area contributed by atoms with Gasteiger partial charge in [-0.2, -0.15) is 0 Å². The van der Waals surface area contributed by atoms with E-state index in [9.17, 15) is 9.90 Å². The summed E-state index contributed by atoms with van der Waals surface area (Å²) in [6, 6.07) is 19.9. The van der Waals surface area contributed by atoms with Crippen LogP contribution in [0, 0.1) is 0 Å². The van der Waals surface area contributed by atoms with Crippen LogP contribution in [0.15, 0.2) is 66.0 Å². The summed E-state index contributed by atoms with van der Waals surface area (Å²) in [5.74, 6) is 0.352. The predicted octanol–water partition coefficient (Wildman–Crippen LogP) is 4.84. The minimum Gasteiger partial charge on any atom is -0.508 e. The topological polar surface area (TPSA) is 47.0 Å². The Balaban J connectivity index is 1.54. The summed E-state index contributed by atoms with van der Waals surface area (Å²) in [5.41, 5.74) is 2.94. The van der Waals surface area contributed by atoms with Crippen LogP contribution in [0.5, 0.6) is 5.75 Å². The summed E-state index contributed by atoms with van der Waals surface area (Å²) >= 11 is 1.81. The molecular formula is C27H33N3O2S. The second-order valence-electron chi connectivity index (χ2n) is 8.49. The van der Waals surface area contributed by atoms with E-state index in [1.54, 1.807) is 6.07 Å². The molecule has 1 saturated heterocycles. The fourth-order valence-corrected chi connectivity index (χ4v) is 5.36. The minimum atomic E-state index is 0.0404. The van der Waals surface area contributed by atoms with E-state index in [4.69, 9.17) is 0 Å². The molecule has 1 atom stereocenters. The van der Waals surface area contributed by atoms with Gasteiger partial charge in [0.1, 0.15) is 5.75 Å². The summed E-state index contributed by atoms with van der Waals surface area (Å²) in [6.07, 6.45) is 0. The van der Waals surface area contributed by atoms with Crippen LogP contribution >= 0.6 is 11.3 Å². The molecule has 1 amide bonds. The van der Waals surface area contributed by atoms with Crippen LogP contribution in [0.3, 0.4) is 0 Å². The third-order valence-corrected chi connectivity index (χ3v) is 7.30. The molecule has 0 saturated carbocycles. The van der Waals surface area contributed by atoms with Gasteiger partial charge < -0.3 is 10.0 Å². The van der Waals surface area contributed by atoms with Gasteiger partial charge in [-0.1, -0.05) is 30.3 Å². The first-order valence-corrected chi connectivity index (χ1v) is 12.6. The Bertz CT molecular complexity index is 1020. The molecule has 0 radical (unpaired) electrons. The first-order chi connectivity index (χ1) is 16.1. The van der Waals surface area contributed by atoms with Crippen LogP contribution in [0.2, 0.25) is 0 Å². The highest BCUT2D eigenvalue weighted by atomic mass is 32.1.